The number of fused-ring (bicyclic) bond motifs is 1. The molecule has 0 unspecified atom stereocenters. The van der Waals surface area contributed by atoms with Crippen LogP contribution >= 0.6 is 0 Å². The SMILES string of the molecule is Nc1ncnc2c([C@H]3CC[C@@H](CO)O3)[nH]nc12. The predicted molar refractivity (Wildman–Crippen MR) is 60.0 cm³/mol. The molecule has 0 spiro atoms. The predicted octanol–water partition coefficient (Wildman–Crippen LogP) is 0.147. The van der Waals surface area contributed by atoms with E-state index in [1.54, 1.807) is 0 Å². The first-order valence-corrected chi connectivity index (χ1v) is 5.50. The molecule has 90 valence electrons. The Balaban J connectivity index is 1.99. The van der Waals surface area contributed by atoms with Crippen LogP contribution in [0.5, 0.6) is 0 Å². The molecule has 0 bridgehead atoms. The van der Waals surface area contributed by atoms with Crippen molar-refractivity contribution in [1.82, 2.24) is 20.2 Å². The average molecular weight is 235 g/mol. The third kappa shape index (κ3) is 1.63. The number of ether oxygens (including phenoxy) is 1. The number of nitrogens with zero attached hydrogens (tertiary/aromatic N) is 3. The topological polar surface area (TPSA) is 110 Å². The first-order valence-electron chi connectivity index (χ1n) is 5.50. The zero-order valence-corrected chi connectivity index (χ0v) is 9.13. The van der Waals surface area contributed by atoms with Crippen LogP contribution in [0.4, 0.5) is 5.82 Å². The lowest BCUT2D eigenvalue weighted by Gasteiger charge is -2.09. The number of nitrogens with one attached hydrogen (secondary N) is 1. The van der Waals surface area contributed by atoms with Gasteiger partial charge in [-0.3, -0.25) is 5.10 Å². The van der Waals surface area contributed by atoms with Crippen molar-refractivity contribution >= 4 is 16.9 Å². The van der Waals surface area contributed by atoms with Crippen LogP contribution in [0.2, 0.25) is 0 Å². The van der Waals surface area contributed by atoms with E-state index in [4.69, 9.17) is 15.6 Å². The molecule has 7 nitrogen and oxygen atoms in total. The standard InChI is InChI=1S/C10H13N5O2/c11-10-9-8(12-4-13-10)7(14-15-9)6-2-1-5(3-16)17-6/h4-6,16H,1-3H2,(H,14,15)(H2,11,12,13)/t5-,6+/m0/s1. The van der Waals surface area contributed by atoms with Crippen molar-refractivity contribution in [2.24, 2.45) is 0 Å². The molecule has 1 aliphatic heterocycles. The molecule has 2 aromatic heterocycles. The number of nitrogen functional groups attached to an aromatic ring is 1. The Labute approximate surface area is 97.0 Å². The maximum atomic E-state index is 9.04. The molecule has 1 fully saturated rings. The molecule has 7 heteroatoms. The van der Waals surface area contributed by atoms with Gasteiger partial charge in [0.05, 0.1) is 18.4 Å². The monoisotopic (exact) mass is 235 g/mol. The van der Waals surface area contributed by atoms with Crippen LogP contribution in [-0.4, -0.2) is 38.0 Å². The van der Waals surface area contributed by atoms with Crippen molar-refractivity contribution in [3.05, 3.63) is 12.0 Å². The summed E-state index contributed by atoms with van der Waals surface area (Å²) in [6.07, 6.45) is 2.88. The van der Waals surface area contributed by atoms with Crippen molar-refractivity contribution < 1.29 is 9.84 Å². The van der Waals surface area contributed by atoms with Crippen molar-refractivity contribution in [3.8, 4) is 0 Å². The molecule has 3 heterocycles. The number of nitrogens with two attached hydrogens (primary N) is 1. The van der Waals surface area contributed by atoms with Crippen LogP contribution in [0, 0.1) is 0 Å². The summed E-state index contributed by atoms with van der Waals surface area (Å²) in [6.45, 7) is 0.0414. The van der Waals surface area contributed by atoms with Gasteiger partial charge in [-0.15, -0.1) is 0 Å². The second-order valence-electron chi connectivity index (χ2n) is 4.10. The van der Waals surface area contributed by atoms with Gasteiger partial charge in [0, 0.05) is 0 Å². The van der Waals surface area contributed by atoms with Gasteiger partial charge in [0.15, 0.2) is 11.3 Å². The fraction of sp³-hybridized carbons (Fsp3) is 0.500. The number of anilines is 1. The van der Waals surface area contributed by atoms with E-state index in [1.165, 1.54) is 6.33 Å². The van der Waals surface area contributed by atoms with E-state index in [-0.39, 0.29) is 18.8 Å². The highest BCUT2D eigenvalue weighted by Gasteiger charge is 2.29. The minimum atomic E-state index is -0.105. The minimum absolute atomic E-state index is 0.0414. The van der Waals surface area contributed by atoms with Crippen LogP contribution in [0.15, 0.2) is 6.33 Å². The molecule has 0 aliphatic carbocycles. The Morgan fingerprint density at radius 1 is 1.41 bits per heavy atom. The summed E-state index contributed by atoms with van der Waals surface area (Å²) in [5.41, 5.74) is 7.78. The summed E-state index contributed by atoms with van der Waals surface area (Å²) in [5.74, 6) is 0.356. The molecule has 2 aromatic rings. The maximum absolute atomic E-state index is 9.04. The third-order valence-corrected chi connectivity index (χ3v) is 3.03. The summed E-state index contributed by atoms with van der Waals surface area (Å²) < 4.78 is 5.68. The number of aliphatic hydroxyl groups is 1. The van der Waals surface area contributed by atoms with Crippen LogP contribution < -0.4 is 5.73 Å². The van der Waals surface area contributed by atoms with Crippen molar-refractivity contribution in [1.29, 1.82) is 0 Å². The molecule has 1 saturated heterocycles. The van der Waals surface area contributed by atoms with E-state index >= 15 is 0 Å². The molecule has 0 amide bonds. The fourth-order valence-electron chi connectivity index (χ4n) is 2.15. The zero-order valence-electron chi connectivity index (χ0n) is 9.13. The molecule has 0 aromatic carbocycles. The molecular weight excluding hydrogens is 222 g/mol. The Hall–Kier alpha value is -1.73. The highest BCUT2D eigenvalue weighted by atomic mass is 16.5. The van der Waals surface area contributed by atoms with Crippen LogP contribution in [0.1, 0.15) is 24.6 Å². The van der Waals surface area contributed by atoms with Crippen LogP contribution in [0.3, 0.4) is 0 Å². The highest BCUT2D eigenvalue weighted by molar-refractivity contribution is 5.85. The summed E-state index contributed by atoms with van der Waals surface area (Å²) >= 11 is 0. The van der Waals surface area contributed by atoms with Crippen LogP contribution in [-0.2, 0) is 4.74 Å². The summed E-state index contributed by atoms with van der Waals surface area (Å²) in [4.78, 5) is 8.05. The first kappa shape index (κ1) is 10.4. The van der Waals surface area contributed by atoms with E-state index in [2.05, 4.69) is 20.2 Å². The lowest BCUT2D eigenvalue weighted by Crippen LogP contribution is -2.11. The Bertz CT molecular complexity index is 540. The van der Waals surface area contributed by atoms with Crippen molar-refractivity contribution in [3.63, 3.8) is 0 Å². The number of hydrogen-bond acceptors (Lipinski definition) is 6. The van der Waals surface area contributed by atoms with E-state index in [9.17, 15) is 0 Å². The van der Waals surface area contributed by atoms with Crippen LogP contribution in [0.25, 0.3) is 11.0 Å². The van der Waals surface area contributed by atoms with E-state index < -0.39 is 0 Å². The average Bonchev–Trinajstić information content (AvgIpc) is 2.94. The van der Waals surface area contributed by atoms with Gasteiger partial charge in [0.2, 0.25) is 0 Å². The number of H-pyrrole nitrogens is 1. The molecular formula is C10H13N5O2. The Morgan fingerprint density at radius 3 is 3.06 bits per heavy atom. The van der Waals surface area contributed by atoms with Gasteiger partial charge >= 0.3 is 0 Å². The van der Waals surface area contributed by atoms with E-state index in [0.717, 1.165) is 18.5 Å². The van der Waals surface area contributed by atoms with Gasteiger partial charge in [0.25, 0.3) is 0 Å². The molecule has 3 rings (SSSR count). The van der Waals surface area contributed by atoms with E-state index in [0.29, 0.717) is 16.9 Å². The quantitative estimate of drug-likeness (QED) is 0.683. The van der Waals surface area contributed by atoms with E-state index in [1.807, 2.05) is 0 Å². The Morgan fingerprint density at radius 2 is 2.29 bits per heavy atom. The van der Waals surface area contributed by atoms with Gasteiger partial charge < -0.3 is 15.6 Å². The normalized spacial score (nSPS) is 24.5. The second-order valence-corrected chi connectivity index (χ2v) is 4.10. The first-order chi connectivity index (χ1) is 8.29. The third-order valence-electron chi connectivity index (χ3n) is 3.03. The summed E-state index contributed by atoms with van der Waals surface area (Å²) in [7, 11) is 0. The lowest BCUT2D eigenvalue weighted by molar-refractivity contribution is 0.00971. The molecule has 4 N–H and O–H groups in total. The van der Waals surface area contributed by atoms with Gasteiger partial charge in [0.1, 0.15) is 17.9 Å². The number of aromatic nitrogens is 4. The Kier molecular flexibility index (Phi) is 2.41. The number of hydrogen-bond donors (Lipinski definition) is 3. The second kappa shape index (κ2) is 3.94. The van der Waals surface area contributed by atoms with Crippen molar-refractivity contribution in [2.75, 3.05) is 12.3 Å². The molecule has 0 radical (unpaired) electrons. The number of rotatable bonds is 2. The minimum Gasteiger partial charge on any atom is -0.394 e. The van der Waals surface area contributed by atoms with Gasteiger partial charge in [-0.25, -0.2) is 9.97 Å². The van der Waals surface area contributed by atoms with Crippen molar-refractivity contribution in [2.45, 2.75) is 25.0 Å². The van der Waals surface area contributed by atoms with Gasteiger partial charge in [-0.2, -0.15) is 5.10 Å². The summed E-state index contributed by atoms with van der Waals surface area (Å²) in [6, 6.07) is 0. The fourth-order valence-corrected chi connectivity index (χ4v) is 2.15. The molecule has 0 saturated carbocycles. The number of aromatic amines is 1. The molecule has 2 atom stereocenters. The maximum Gasteiger partial charge on any atom is 0.155 e. The number of aliphatic hydroxyl groups excluding tert-OH is 1. The van der Waals surface area contributed by atoms with Gasteiger partial charge in [-0.05, 0) is 12.8 Å². The molecule has 17 heavy (non-hydrogen) atoms. The summed E-state index contributed by atoms with van der Waals surface area (Å²) in [5, 5.41) is 16.0. The molecule has 1 aliphatic rings. The van der Waals surface area contributed by atoms with Gasteiger partial charge in [-0.1, -0.05) is 0 Å². The highest BCUT2D eigenvalue weighted by Crippen LogP contribution is 2.34. The smallest absolute Gasteiger partial charge is 0.155 e. The largest absolute Gasteiger partial charge is 0.394 e. The lowest BCUT2D eigenvalue weighted by atomic mass is 10.1. The zero-order chi connectivity index (χ0) is 11.8.